The maximum atomic E-state index is 10.7. The van der Waals surface area contributed by atoms with Crippen molar-refractivity contribution in [2.75, 3.05) is 0 Å². The summed E-state index contributed by atoms with van der Waals surface area (Å²) in [5.74, 6) is -0.289. The smallest absolute Gasteiger partial charge is 0.241 e. The Labute approximate surface area is 105 Å². The molecule has 1 heterocycles. The van der Waals surface area contributed by atoms with E-state index in [1.807, 2.05) is 25.2 Å². The van der Waals surface area contributed by atoms with Crippen molar-refractivity contribution in [3.05, 3.63) is 47.6 Å². The molecule has 0 radical (unpaired) electrons. The van der Waals surface area contributed by atoms with Gasteiger partial charge in [-0.25, -0.2) is 0 Å². The third kappa shape index (κ3) is 2.74. The molecule has 0 saturated carbocycles. The second kappa shape index (κ2) is 4.72. The Bertz CT molecular complexity index is 498. The average Bonchev–Trinajstić information content (AvgIpc) is 2.26. The number of amides is 1. The summed E-state index contributed by atoms with van der Waals surface area (Å²) in [4.78, 5) is 15.1. The molecule has 2 atom stereocenters. The lowest BCUT2D eigenvalue weighted by Gasteiger charge is -2.24. The number of hydrogen-bond donors (Lipinski definition) is 1. The lowest BCUT2D eigenvalue weighted by Crippen LogP contribution is -2.21. The monoisotopic (exact) mass is 248 g/mol. The SMILES string of the molecule is CC1=CC2C=C(/C=C/C(N)=O)C(Cl)=NC2C=C1. The molecule has 0 spiro atoms. The third-order valence-electron chi connectivity index (χ3n) is 2.71. The van der Waals surface area contributed by atoms with Gasteiger partial charge in [0.15, 0.2) is 0 Å². The van der Waals surface area contributed by atoms with Gasteiger partial charge in [0.2, 0.25) is 5.91 Å². The maximum absolute atomic E-state index is 10.7. The first-order chi connectivity index (χ1) is 8.06. The van der Waals surface area contributed by atoms with Crippen LogP contribution >= 0.6 is 11.6 Å². The Balaban J connectivity index is 2.27. The van der Waals surface area contributed by atoms with Crippen LogP contribution < -0.4 is 5.73 Å². The maximum Gasteiger partial charge on any atom is 0.241 e. The molecule has 2 aliphatic rings. The number of carbonyl (C=O) groups is 1. The van der Waals surface area contributed by atoms with Gasteiger partial charge in [0.1, 0.15) is 5.17 Å². The molecule has 0 fully saturated rings. The van der Waals surface area contributed by atoms with Crippen molar-refractivity contribution in [3.63, 3.8) is 0 Å². The topological polar surface area (TPSA) is 55.5 Å². The Morgan fingerprint density at radius 2 is 2.29 bits per heavy atom. The molecule has 1 amide bonds. The minimum atomic E-state index is -0.493. The number of rotatable bonds is 2. The highest BCUT2D eigenvalue weighted by atomic mass is 35.5. The lowest BCUT2D eigenvalue weighted by molar-refractivity contribution is -0.113. The van der Waals surface area contributed by atoms with Crippen LogP contribution in [0.4, 0.5) is 0 Å². The van der Waals surface area contributed by atoms with Crippen LogP contribution in [0.1, 0.15) is 6.92 Å². The van der Waals surface area contributed by atoms with Crippen LogP contribution in [0.3, 0.4) is 0 Å². The number of nitrogens with two attached hydrogens (primary N) is 1. The van der Waals surface area contributed by atoms with E-state index in [1.165, 1.54) is 11.6 Å². The molecular formula is C13H13ClN2O. The fourth-order valence-electron chi connectivity index (χ4n) is 1.89. The van der Waals surface area contributed by atoms with E-state index < -0.39 is 5.91 Å². The summed E-state index contributed by atoms with van der Waals surface area (Å²) in [6.45, 7) is 2.04. The van der Waals surface area contributed by atoms with E-state index in [9.17, 15) is 4.79 Å². The summed E-state index contributed by atoms with van der Waals surface area (Å²) in [5.41, 5.74) is 6.99. The van der Waals surface area contributed by atoms with Crippen molar-refractivity contribution in [3.8, 4) is 0 Å². The van der Waals surface area contributed by atoms with Crippen LogP contribution in [0.2, 0.25) is 0 Å². The van der Waals surface area contributed by atoms with Gasteiger partial charge in [0.05, 0.1) is 6.04 Å². The highest BCUT2D eigenvalue weighted by Crippen LogP contribution is 2.28. The molecule has 1 aliphatic heterocycles. The second-order valence-electron chi connectivity index (χ2n) is 4.12. The molecule has 1 aliphatic carbocycles. The van der Waals surface area contributed by atoms with Gasteiger partial charge in [-0.2, -0.15) is 0 Å². The van der Waals surface area contributed by atoms with Crippen molar-refractivity contribution < 1.29 is 4.79 Å². The van der Waals surface area contributed by atoms with Crippen molar-refractivity contribution >= 4 is 22.7 Å². The van der Waals surface area contributed by atoms with Crippen LogP contribution in [-0.2, 0) is 4.79 Å². The van der Waals surface area contributed by atoms with Crippen LogP contribution in [0.25, 0.3) is 0 Å². The van der Waals surface area contributed by atoms with Crippen LogP contribution in [-0.4, -0.2) is 17.1 Å². The van der Waals surface area contributed by atoms with Gasteiger partial charge in [-0.1, -0.05) is 41.5 Å². The highest BCUT2D eigenvalue weighted by Gasteiger charge is 2.23. The molecular weight excluding hydrogens is 236 g/mol. The summed E-state index contributed by atoms with van der Waals surface area (Å²) < 4.78 is 0. The van der Waals surface area contributed by atoms with Crippen LogP contribution in [0, 0.1) is 5.92 Å². The van der Waals surface area contributed by atoms with E-state index in [0.717, 1.165) is 5.57 Å². The molecule has 2 unspecified atom stereocenters. The summed E-state index contributed by atoms with van der Waals surface area (Å²) in [6.07, 6.45) is 11.1. The largest absolute Gasteiger partial charge is 0.366 e. The van der Waals surface area contributed by atoms with Gasteiger partial charge in [-0.3, -0.25) is 9.79 Å². The number of hydrogen-bond acceptors (Lipinski definition) is 2. The summed E-state index contributed by atoms with van der Waals surface area (Å²) in [6, 6.07) is 0.0666. The van der Waals surface area contributed by atoms with Gasteiger partial charge in [-0.05, 0) is 13.0 Å². The number of halogens is 1. The summed E-state index contributed by atoms with van der Waals surface area (Å²) in [5, 5.41) is 0.418. The molecule has 0 saturated heterocycles. The Morgan fingerprint density at radius 1 is 1.53 bits per heavy atom. The molecule has 2 rings (SSSR count). The molecule has 0 aromatic carbocycles. The van der Waals surface area contributed by atoms with Crippen LogP contribution in [0.15, 0.2) is 52.6 Å². The zero-order chi connectivity index (χ0) is 12.4. The average molecular weight is 249 g/mol. The quantitative estimate of drug-likeness (QED) is 0.748. The lowest BCUT2D eigenvalue weighted by atomic mass is 9.88. The predicted octanol–water partition coefficient (Wildman–Crippen LogP) is 2.11. The zero-order valence-corrected chi connectivity index (χ0v) is 10.2. The van der Waals surface area contributed by atoms with Gasteiger partial charge in [0.25, 0.3) is 0 Å². The number of nitrogens with zero attached hydrogens (tertiary/aromatic N) is 1. The van der Waals surface area contributed by atoms with Crippen molar-refractivity contribution in [1.29, 1.82) is 0 Å². The minimum absolute atomic E-state index is 0.0666. The molecule has 0 aromatic rings. The molecule has 0 bridgehead atoms. The Kier molecular flexibility index (Phi) is 3.29. The van der Waals surface area contributed by atoms with E-state index in [-0.39, 0.29) is 12.0 Å². The minimum Gasteiger partial charge on any atom is -0.366 e. The first-order valence-electron chi connectivity index (χ1n) is 5.36. The first kappa shape index (κ1) is 11.9. The van der Waals surface area contributed by atoms with E-state index in [1.54, 1.807) is 6.08 Å². The van der Waals surface area contributed by atoms with Crippen LogP contribution in [0.5, 0.6) is 0 Å². The Hall–Kier alpha value is -1.61. The van der Waals surface area contributed by atoms with Crippen molar-refractivity contribution in [2.45, 2.75) is 13.0 Å². The first-order valence-corrected chi connectivity index (χ1v) is 5.73. The van der Waals surface area contributed by atoms with Gasteiger partial charge >= 0.3 is 0 Å². The van der Waals surface area contributed by atoms with E-state index in [0.29, 0.717) is 5.17 Å². The number of allylic oxidation sites excluding steroid dienone is 4. The molecule has 17 heavy (non-hydrogen) atoms. The van der Waals surface area contributed by atoms with Gasteiger partial charge < -0.3 is 5.73 Å². The molecule has 4 heteroatoms. The number of carbonyl (C=O) groups excluding carboxylic acids is 1. The fourth-order valence-corrected chi connectivity index (χ4v) is 2.13. The van der Waals surface area contributed by atoms with Crippen molar-refractivity contribution in [1.82, 2.24) is 0 Å². The molecule has 0 aromatic heterocycles. The fraction of sp³-hybridized carbons (Fsp3) is 0.231. The third-order valence-corrected chi connectivity index (χ3v) is 3.02. The van der Waals surface area contributed by atoms with E-state index >= 15 is 0 Å². The van der Waals surface area contributed by atoms with Crippen molar-refractivity contribution in [2.24, 2.45) is 16.6 Å². The molecule has 2 N–H and O–H groups in total. The highest BCUT2D eigenvalue weighted by molar-refractivity contribution is 6.70. The van der Waals surface area contributed by atoms with Gasteiger partial charge in [-0.15, -0.1) is 0 Å². The number of dihydropyridines is 1. The predicted molar refractivity (Wildman–Crippen MR) is 69.9 cm³/mol. The normalized spacial score (nSPS) is 27.3. The second-order valence-corrected chi connectivity index (χ2v) is 4.47. The standard InChI is InChI=1S/C13H13ClN2O/c1-8-2-4-11-10(6-8)7-9(13(14)16-11)3-5-12(15)17/h2-7,10-11H,1H3,(H2,15,17)/b5-3+. The van der Waals surface area contributed by atoms with E-state index in [4.69, 9.17) is 17.3 Å². The number of aliphatic imine (C=N–C) groups is 1. The Morgan fingerprint density at radius 3 is 3.00 bits per heavy atom. The molecule has 3 nitrogen and oxygen atoms in total. The molecule has 88 valence electrons. The summed E-state index contributed by atoms with van der Waals surface area (Å²) in [7, 11) is 0. The number of fused-ring (bicyclic) bond motifs is 1. The zero-order valence-electron chi connectivity index (χ0n) is 9.43. The number of primary amides is 1. The van der Waals surface area contributed by atoms with E-state index in [2.05, 4.69) is 11.1 Å². The van der Waals surface area contributed by atoms with Gasteiger partial charge in [0, 0.05) is 17.6 Å². The summed E-state index contributed by atoms with van der Waals surface area (Å²) >= 11 is 6.05.